The van der Waals surface area contributed by atoms with E-state index in [0.29, 0.717) is 40.2 Å². The molecule has 3 aliphatic carbocycles. The van der Waals surface area contributed by atoms with Crippen molar-refractivity contribution in [3.05, 3.63) is 52.1 Å². The summed E-state index contributed by atoms with van der Waals surface area (Å²) in [5.41, 5.74) is 2.35. The van der Waals surface area contributed by atoms with Crippen LogP contribution in [0.2, 0.25) is 0 Å². The first-order chi connectivity index (χ1) is 16.2. The summed E-state index contributed by atoms with van der Waals surface area (Å²) in [4.78, 5) is 53.6. The fourth-order valence-corrected chi connectivity index (χ4v) is 6.08. The summed E-state index contributed by atoms with van der Waals surface area (Å²) < 4.78 is 11.2. The van der Waals surface area contributed by atoms with Crippen LogP contribution >= 0.6 is 0 Å². The Morgan fingerprint density at radius 2 is 1.65 bits per heavy atom. The Morgan fingerprint density at radius 1 is 1.00 bits per heavy atom. The van der Waals surface area contributed by atoms with E-state index in [1.165, 1.54) is 44.4 Å². The molecule has 8 nitrogen and oxygen atoms in total. The summed E-state index contributed by atoms with van der Waals surface area (Å²) in [5.74, 6) is -2.68. The molecule has 0 saturated carbocycles. The lowest BCUT2D eigenvalue weighted by molar-refractivity contribution is -0.138. The van der Waals surface area contributed by atoms with Gasteiger partial charge in [-0.2, -0.15) is 0 Å². The van der Waals surface area contributed by atoms with Crippen LogP contribution in [0.1, 0.15) is 31.2 Å². The molecule has 4 unspecified atom stereocenters. The van der Waals surface area contributed by atoms with Crippen molar-refractivity contribution in [3.8, 4) is 17.2 Å². The van der Waals surface area contributed by atoms with Gasteiger partial charge in [-0.1, -0.05) is 11.6 Å². The van der Waals surface area contributed by atoms with Gasteiger partial charge in [0, 0.05) is 47.4 Å². The Bertz CT molecular complexity index is 1240. The van der Waals surface area contributed by atoms with Gasteiger partial charge in [0.2, 0.25) is 11.8 Å². The number of phenolic OH excluding ortho intramolecular Hbond substituents is 1. The SMILES string of the molecule is COc1cc(O)cc(OC)c1C1C2=CCC3C(=O)N(C)C(=O)C3C2CC2=C1C(=O)C=C(C)C2=O. The van der Waals surface area contributed by atoms with Gasteiger partial charge in [0.15, 0.2) is 11.6 Å². The molecular weight excluding hydrogens is 438 g/mol. The van der Waals surface area contributed by atoms with E-state index >= 15 is 0 Å². The fourth-order valence-electron chi connectivity index (χ4n) is 6.08. The number of imide groups is 1. The van der Waals surface area contributed by atoms with Crippen LogP contribution in [0.3, 0.4) is 0 Å². The number of amides is 2. The zero-order chi connectivity index (χ0) is 24.5. The fraction of sp³-hybridized carbons (Fsp3) is 0.385. The number of ketones is 2. The molecule has 0 radical (unpaired) electrons. The van der Waals surface area contributed by atoms with Crippen LogP contribution in [0.5, 0.6) is 17.2 Å². The van der Waals surface area contributed by atoms with E-state index in [1.54, 1.807) is 6.92 Å². The molecule has 0 bridgehead atoms. The quantitative estimate of drug-likeness (QED) is 0.417. The molecule has 1 N–H and O–H groups in total. The van der Waals surface area contributed by atoms with Gasteiger partial charge < -0.3 is 14.6 Å². The Hall–Kier alpha value is -3.68. The topological polar surface area (TPSA) is 110 Å². The van der Waals surface area contributed by atoms with Crippen LogP contribution in [0.25, 0.3) is 0 Å². The number of rotatable bonds is 3. The van der Waals surface area contributed by atoms with Gasteiger partial charge in [-0.05, 0) is 31.8 Å². The van der Waals surface area contributed by atoms with Crippen molar-refractivity contribution in [2.24, 2.45) is 17.8 Å². The highest BCUT2D eigenvalue weighted by Crippen LogP contribution is 2.57. The third-order valence-electron chi connectivity index (χ3n) is 7.60. The zero-order valence-corrected chi connectivity index (χ0v) is 19.4. The monoisotopic (exact) mass is 463 g/mol. The van der Waals surface area contributed by atoms with Crippen LogP contribution in [-0.2, 0) is 19.2 Å². The van der Waals surface area contributed by atoms with Crippen LogP contribution in [0, 0.1) is 17.8 Å². The van der Waals surface area contributed by atoms with Gasteiger partial charge in [-0.25, -0.2) is 0 Å². The Labute approximate surface area is 196 Å². The number of likely N-dealkylation sites (tertiary alicyclic amines) is 1. The number of hydrogen-bond acceptors (Lipinski definition) is 7. The van der Waals surface area contributed by atoms with Crippen molar-refractivity contribution >= 4 is 23.4 Å². The molecule has 8 heteroatoms. The minimum atomic E-state index is -0.713. The van der Waals surface area contributed by atoms with Crippen LogP contribution < -0.4 is 9.47 Å². The summed E-state index contributed by atoms with van der Waals surface area (Å²) in [5, 5.41) is 10.2. The number of benzene rings is 1. The molecular formula is C26H25NO7. The molecule has 0 spiro atoms. The van der Waals surface area contributed by atoms with E-state index < -0.39 is 23.7 Å². The lowest BCUT2D eigenvalue weighted by Crippen LogP contribution is -2.39. The smallest absolute Gasteiger partial charge is 0.233 e. The first-order valence-electron chi connectivity index (χ1n) is 11.2. The number of carbonyl (C=O) groups is 4. The largest absolute Gasteiger partial charge is 0.508 e. The van der Waals surface area contributed by atoms with E-state index in [4.69, 9.17) is 9.47 Å². The number of aromatic hydroxyl groups is 1. The van der Waals surface area contributed by atoms with E-state index in [2.05, 4.69) is 0 Å². The van der Waals surface area contributed by atoms with Gasteiger partial charge in [0.05, 0.1) is 26.1 Å². The number of fused-ring (bicyclic) bond motifs is 3. The number of Topliss-reactive ketones (excluding diaryl/α,β-unsaturated/α-hetero) is 1. The van der Waals surface area contributed by atoms with Crippen molar-refractivity contribution in [1.82, 2.24) is 4.90 Å². The number of methoxy groups -OCH3 is 2. The molecule has 34 heavy (non-hydrogen) atoms. The van der Waals surface area contributed by atoms with Crippen LogP contribution in [0.15, 0.2) is 46.6 Å². The molecule has 1 saturated heterocycles. The number of ether oxygens (including phenoxy) is 2. The summed E-state index contributed by atoms with van der Waals surface area (Å²) in [6.45, 7) is 1.60. The number of carbonyl (C=O) groups excluding carboxylic acids is 4. The van der Waals surface area contributed by atoms with Gasteiger partial charge in [-0.3, -0.25) is 24.1 Å². The summed E-state index contributed by atoms with van der Waals surface area (Å²) in [6, 6.07) is 2.87. The normalized spacial score (nSPS) is 28.3. The molecule has 1 aromatic rings. The minimum Gasteiger partial charge on any atom is -0.508 e. The maximum absolute atomic E-state index is 13.3. The first kappa shape index (κ1) is 22.1. The summed E-state index contributed by atoms with van der Waals surface area (Å²) in [6.07, 6.45) is 3.85. The van der Waals surface area contributed by atoms with E-state index in [9.17, 15) is 24.3 Å². The van der Waals surface area contributed by atoms with Crippen molar-refractivity contribution < 1.29 is 33.8 Å². The summed E-state index contributed by atoms with van der Waals surface area (Å²) in [7, 11) is 4.39. The van der Waals surface area contributed by atoms with Gasteiger partial charge in [0.1, 0.15) is 17.2 Å². The van der Waals surface area contributed by atoms with Crippen molar-refractivity contribution in [3.63, 3.8) is 0 Å². The third kappa shape index (κ3) is 2.90. The molecule has 1 fully saturated rings. The lowest BCUT2D eigenvalue weighted by Gasteiger charge is -2.42. The zero-order valence-electron chi connectivity index (χ0n) is 19.4. The highest BCUT2D eigenvalue weighted by atomic mass is 16.5. The number of phenols is 1. The molecule has 5 rings (SSSR count). The van der Waals surface area contributed by atoms with Crippen molar-refractivity contribution in [2.75, 3.05) is 21.3 Å². The molecule has 0 aromatic heterocycles. The molecule has 4 atom stereocenters. The van der Waals surface area contributed by atoms with Gasteiger partial charge in [0.25, 0.3) is 0 Å². The highest BCUT2D eigenvalue weighted by molar-refractivity contribution is 6.23. The second kappa shape index (κ2) is 7.68. The Morgan fingerprint density at radius 3 is 2.26 bits per heavy atom. The molecule has 1 aromatic carbocycles. The average Bonchev–Trinajstić information content (AvgIpc) is 3.04. The predicted octanol–water partition coefficient (Wildman–Crippen LogP) is 2.47. The molecule has 1 aliphatic heterocycles. The maximum atomic E-state index is 13.3. The second-order valence-electron chi connectivity index (χ2n) is 9.23. The molecule has 1 heterocycles. The molecule has 4 aliphatic rings. The lowest BCUT2D eigenvalue weighted by atomic mass is 9.59. The van der Waals surface area contributed by atoms with Gasteiger partial charge >= 0.3 is 0 Å². The minimum absolute atomic E-state index is 0.0725. The third-order valence-corrected chi connectivity index (χ3v) is 7.60. The van der Waals surface area contributed by atoms with Crippen molar-refractivity contribution in [1.29, 1.82) is 0 Å². The number of hydrogen-bond donors (Lipinski definition) is 1. The van der Waals surface area contributed by atoms with Crippen molar-refractivity contribution in [2.45, 2.75) is 25.7 Å². The van der Waals surface area contributed by atoms with E-state index in [1.807, 2.05) is 6.08 Å². The molecule has 2 amide bonds. The second-order valence-corrected chi connectivity index (χ2v) is 9.23. The number of allylic oxidation sites excluding steroid dienone is 6. The predicted molar refractivity (Wildman–Crippen MR) is 120 cm³/mol. The average molecular weight is 463 g/mol. The Kier molecular flexibility index (Phi) is 5.00. The number of nitrogens with zero attached hydrogens (tertiary/aromatic N) is 1. The van der Waals surface area contributed by atoms with E-state index in [-0.39, 0.29) is 35.6 Å². The van der Waals surface area contributed by atoms with Crippen LogP contribution in [-0.4, -0.2) is 54.7 Å². The standard InChI is InChI=1S/C26H25NO7/c1-11-7-17(29)21-16(24(11)30)10-15-13(5-6-14-20(15)26(32)27(2)25(14)31)22(21)23-18(33-3)8-12(28)9-19(23)34-4/h5,7-9,14-15,20,22,28H,6,10H2,1-4H3. The maximum Gasteiger partial charge on any atom is 0.233 e. The Balaban J connectivity index is 1.79. The molecule has 176 valence electrons. The van der Waals surface area contributed by atoms with Gasteiger partial charge in [-0.15, -0.1) is 0 Å². The van der Waals surface area contributed by atoms with E-state index in [0.717, 1.165) is 5.57 Å². The first-order valence-corrected chi connectivity index (χ1v) is 11.2. The van der Waals surface area contributed by atoms with Crippen LogP contribution in [0.4, 0.5) is 0 Å². The highest BCUT2D eigenvalue weighted by Gasteiger charge is 2.55. The summed E-state index contributed by atoms with van der Waals surface area (Å²) >= 11 is 0.